The van der Waals surface area contributed by atoms with Gasteiger partial charge in [-0.3, -0.25) is 9.80 Å². The largest absolute Gasteiger partial charge is 0.334 e. The molecule has 1 aromatic heterocycles. The maximum Gasteiger partial charge on any atom is 0.322 e. The van der Waals surface area contributed by atoms with Gasteiger partial charge in [0.1, 0.15) is 0 Å². The Bertz CT molecular complexity index is 1660. The number of amides is 2. The van der Waals surface area contributed by atoms with Crippen LogP contribution in [0.3, 0.4) is 0 Å². The van der Waals surface area contributed by atoms with Crippen LogP contribution in [-0.4, -0.2) is 40.0 Å². The molecule has 198 valence electrons. The van der Waals surface area contributed by atoms with Crippen molar-refractivity contribution in [1.82, 2.24) is 20.2 Å². The number of piperidine rings is 1. The van der Waals surface area contributed by atoms with E-state index in [0.29, 0.717) is 6.54 Å². The molecule has 6 heteroatoms. The van der Waals surface area contributed by atoms with Crippen molar-refractivity contribution in [3.63, 3.8) is 0 Å². The van der Waals surface area contributed by atoms with Crippen molar-refractivity contribution in [2.24, 2.45) is 0 Å². The van der Waals surface area contributed by atoms with Gasteiger partial charge in [0.05, 0.1) is 28.1 Å². The first-order valence-corrected chi connectivity index (χ1v) is 14.0. The summed E-state index contributed by atoms with van der Waals surface area (Å²) in [5.41, 5.74) is 9.25. The number of hydrogen-bond acceptors (Lipinski definition) is 4. The Balaban J connectivity index is 1.07. The van der Waals surface area contributed by atoms with Gasteiger partial charge in [0, 0.05) is 43.3 Å². The Morgan fingerprint density at radius 3 is 2.00 bits per heavy atom. The first-order chi connectivity index (χ1) is 19.7. The molecule has 0 aliphatic carbocycles. The number of hydrogen-bond donors (Lipinski definition) is 1. The van der Waals surface area contributed by atoms with E-state index in [4.69, 9.17) is 9.97 Å². The Labute approximate surface area is 234 Å². The molecular formula is C34H31N5O. The van der Waals surface area contributed by atoms with E-state index in [-0.39, 0.29) is 12.1 Å². The number of likely N-dealkylation sites (tertiary alicyclic amines) is 1. The minimum absolute atomic E-state index is 0.0272. The van der Waals surface area contributed by atoms with Crippen molar-refractivity contribution in [3.8, 4) is 22.5 Å². The number of para-hydroxylation sites is 3. The number of aromatic nitrogens is 2. The smallest absolute Gasteiger partial charge is 0.322 e. The lowest BCUT2D eigenvalue weighted by Gasteiger charge is -2.41. The summed E-state index contributed by atoms with van der Waals surface area (Å²) >= 11 is 0. The number of anilines is 1. The fraction of sp³-hybridized carbons (Fsp3) is 0.206. The molecule has 0 spiro atoms. The summed E-state index contributed by atoms with van der Waals surface area (Å²) in [6, 6.07) is 35.6. The third-order valence-electron chi connectivity index (χ3n) is 8.07. The molecule has 0 atom stereocenters. The molecule has 2 aliphatic heterocycles. The molecular weight excluding hydrogens is 494 g/mol. The van der Waals surface area contributed by atoms with Gasteiger partial charge in [-0.1, -0.05) is 84.9 Å². The van der Waals surface area contributed by atoms with E-state index in [9.17, 15) is 4.79 Å². The van der Waals surface area contributed by atoms with Crippen LogP contribution in [0.15, 0.2) is 103 Å². The molecule has 2 aliphatic rings. The number of carbonyl (C=O) groups is 1. The van der Waals surface area contributed by atoms with Crippen LogP contribution >= 0.6 is 0 Å². The van der Waals surface area contributed by atoms with Crippen LogP contribution in [0.4, 0.5) is 10.5 Å². The monoisotopic (exact) mass is 525 g/mol. The Morgan fingerprint density at radius 2 is 1.30 bits per heavy atom. The number of urea groups is 1. The molecule has 2 amide bonds. The van der Waals surface area contributed by atoms with E-state index >= 15 is 0 Å². The quantitative estimate of drug-likeness (QED) is 0.279. The molecule has 1 saturated heterocycles. The first kappa shape index (κ1) is 24.5. The van der Waals surface area contributed by atoms with Crippen LogP contribution in [0.5, 0.6) is 0 Å². The molecule has 7 rings (SSSR count). The highest BCUT2D eigenvalue weighted by atomic mass is 16.2. The average Bonchev–Trinajstić information content (AvgIpc) is 3.02. The summed E-state index contributed by atoms with van der Waals surface area (Å²) in [4.78, 5) is 27.3. The van der Waals surface area contributed by atoms with Gasteiger partial charge >= 0.3 is 6.03 Å². The molecule has 6 nitrogen and oxygen atoms in total. The van der Waals surface area contributed by atoms with Crippen molar-refractivity contribution in [1.29, 1.82) is 0 Å². The van der Waals surface area contributed by atoms with Crippen molar-refractivity contribution in [2.75, 3.05) is 18.0 Å². The van der Waals surface area contributed by atoms with Crippen LogP contribution in [0.2, 0.25) is 0 Å². The molecule has 4 aromatic carbocycles. The van der Waals surface area contributed by atoms with Gasteiger partial charge in [-0.25, -0.2) is 14.8 Å². The van der Waals surface area contributed by atoms with E-state index in [2.05, 4.69) is 58.7 Å². The number of nitrogens with one attached hydrogen (secondary N) is 1. The zero-order chi connectivity index (χ0) is 26.9. The van der Waals surface area contributed by atoms with Crippen LogP contribution < -0.4 is 10.2 Å². The minimum Gasteiger partial charge on any atom is -0.334 e. The molecule has 1 N–H and O–H groups in total. The van der Waals surface area contributed by atoms with Gasteiger partial charge in [0.15, 0.2) is 0 Å². The van der Waals surface area contributed by atoms with Crippen molar-refractivity contribution in [3.05, 3.63) is 114 Å². The Kier molecular flexibility index (Phi) is 6.46. The second-order valence-corrected chi connectivity index (χ2v) is 10.6. The summed E-state index contributed by atoms with van der Waals surface area (Å²) < 4.78 is 0. The SMILES string of the molecule is O=C1NCc2ccccc2N1C1CCN(Cc2ccc(-c3nc4ccccc4nc3-c3ccccc3)cc2)CC1. The molecule has 0 radical (unpaired) electrons. The van der Waals surface area contributed by atoms with Crippen LogP contribution in [0.25, 0.3) is 33.5 Å². The fourth-order valence-electron chi connectivity index (χ4n) is 5.98. The predicted octanol–water partition coefficient (Wildman–Crippen LogP) is 6.66. The standard InChI is InChI=1S/C34H31N5O/c40-34-35-22-27-10-4-7-13-31(27)39(34)28-18-20-38(21-19-28)23-24-14-16-26(17-15-24)33-32(25-8-2-1-3-9-25)36-29-11-5-6-12-30(29)37-33/h1-17,28H,18-23H2,(H,35,40). The molecule has 40 heavy (non-hydrogen) atoms. The topological polar surface area (TPSA) is 61.4 Å². The number of carbonyl (C=O) groups excluding carboxylic acids is 1. The summed E-state index contributed by atoms with van der Waals surface area (Å²) in [6.45, 7) is 3.43. The molecule has 3 heterocycles. The lowest BCUT2D eigenvalue weighted by Crippen LogP contribution is -2.53. The maximum atomic E-state index is 12.8. The summed E-state index contributed by atoms with van der Waals surface area (Å²) in [5, 5.41) is 3.04. The number of nitrogens with zero attached hydrogens (tertiary/aromatic N) is 4. The molecule has 0 bridgehead atoms. The van der Waals surface area contributed by atoms with Crippen molar-refractivity contribution >= 4 is 22.8 Å². The third kappa shape index (κ3) is 4.71. The molecule has 0 saturated carbocycles. The zero-order valence-corrected chi connectivity index (χ0v) is 22.3. The van der Waals surface area contributed by atoms with E-state index < -0.39 is 0 Å². The van der Waals surface area contributed by atoms with Gasteiger partial charge in [0.25, 0.3) is 0 Å². The van der Waals surface area contributed by atoms with Gasteiger partial charge in [-0.2, -0.15) is 0 Å². The zero-order valence-electron chi connectivity index (χ0n) is 22.3. The van der Waals surface area contributed by atoms with E-state index in [1.165, 1.54) is 11.1 Å². The normalized spacial score (nSPS) is 16.1. The van der Waals surface area contributed by atoms with Crippen LogP contribution in [0.1, 0.15) is 24.0 Å². The highest BCUT2D eigenvalue weighted by molar-refractivity contribution is 5.95. The Hall–Kier alpha value is -4.55. The lowest BCUT2D eigenvalue weighted by atomic mass is 9.99. The summed E-state index contributed by atoms with van der Waals surface area (Å²) in [7, 11) is 0. The number of benzene rings is 4. The van der Waals surface area contributed by atoms with Crippen molar-refractivity contribution in [2.45, 2.75) is 32.0 Å². The average molecular weight is 526 g/mol. The van der Waals surface area contributed by atoms with Gasteiger partial charge < -0.3 is 5.32 Å². The maximum absolute atomic E-state index is 12.8. The third-order valence-corrected chi connectivity index (χ3v) is 8.07. The summed E-state index contributed by atoms with van der Waals surface area (Å²) in [6.07, 6.45) is 1.93. The highest BCUT2D eigenvalue weighted by Gasteiger charge is 2.32. The van der Waals surface area contributed by atoms with Crippen LogP contribution in [0, 0.1) is 0 Å². The first-order valence-electron chi connectivity index (χ1n) is 14.0. The predicted molar refractivity (Wildman–Crippen MR) is 160 cm³/mol. The number of fused-ring (bicyclic) bond motifs is 2. The van der Waals surface area contributed by atoms with E-state index in [1.807, 2.05) is 59.5 Å². The molecule has 0 unspecified atom stereocenters. The minimum atomic E-state index is 0.0272. The highest BCUT2D eigenvalue weighted by Crippen LogP contribution is 2.32. The molecule has 5 aromatic rings. The summed E-state index contributed by atoms with van der Waals surface area (Å²) in [5.74, 6) is 0. The second-order valence-electron chi connectivity index (χ2n) is 10.6. The van der Waals surface area contributed by atoms with Crippen molar-refractivity contribution < 1.29 is 4.79 Å². The molecule has 1 fully saturated rings. The van der Waals surface area contributed by atoms with Gasteiger partial charge in [0.2, 0.25) is 0 Å². The van der Waals surface area contributed by atoms with Gasteiger partial charge in [-0.15, -0.1) is 0 Å². The van der Waals surface area contributed by atoms with E-state index in [1.54, 1.807) is 0 Å². The van der Waals surface area contributed by atoms with E-state index in [0.717, 1.165) is 71.7 Å². The Morgan fingerprint density at radius 1 is 0.700 bits per heavy atom. The second kappa shape index (κ2) is 10.5. The van der Waals surface area contributed by atoms with Gasteiger partial charge in [-0.05, 0) is 42.2 Å². The van der Waals surface area contributed by atoms with Crippen LogP contribution in [-0.2, 0) is 13.1 Å². The lowest BCUT2D eigenvalue weighted by molar-refractivity contribution is 0.196. The fourth-order valence-corrected chi connectivity index (χ4v) is 5.98. The number of rotatable bonds is 5.